The van der Waals surface area contributed by atoms with Crippen LogP contribution in [-0.4, -0.2) is 50.7 Å². The zero-order valence-electron chi connectivity index (χ0n) is 20.0. The van der Waals surface area contributed by atoms with E-state index in [2.05, 4.69) is 27.4 Å². The van der Waals surface area contributed by atoms with Gasteiger partial charge in [-0.05, 0) is 42.5 Å². The highest BCUT2D eigenvalue weighted by molar-refractivity contribution is 5.76. The Morgan fingerprint density at radius 2 is 1.72 bits per heavy atom. The molecule has 3 heterocycles. The van der Waals surface area contributed by atoms with E-state index in [1.807, 2.05) is 42.5 Å². The maximum Gasteiger partial charge on any atom is 0.435 e. The number of aromatic nitrogens is 2. The van der Waals surface area contributed by atoms with E-state index in [4.69, 9.17) is 0 Å². The van der Waals surface area contributed by atoms with Crippen LogP contribution in [0.4, 0.5) is 18.9 Å². The fourth-order valence-corrected chi connectivity index (χ4v) is 5.33. The molecule has 3 aromatic rings. The summed E-state index contributed by atoms with van der Waals surface area (Å²) in [6.45, 7) is 2.31. The molecule has 0 saturated carbocycles. The van der Waals surface area contributed by atoms with E-state index in [1.54, 1.807) is 4.90 Å². The Hall–Kier alpha value is -3.33. The van der Waals surface area contributed by atoms with Gasteiger partial charge in [0, 0.05) is 50.1 Å². The summed E-state index contributed by atoms with van der Waals surface area (Å²) in [7, 11) is 0. The molecular formula is C27H30F3N5O. The molecule has 2 aliphatic heterocycles. The van der Waals surface area contributed by atoms with E-state index >= 15 is 0 Å². The molecule has 0 unspecified atom stereocenters. The van der Waals surface area contributed by atoms with Gasteiger partial charge >= 0.3 is 6.18 Å². The Morgan fingerprint density at radius 3 is 2.50 bits per heavy atom. The molecule has 0 radical (unpaired) electrons. The van der Waals surface area contributed by atoms with Crippen LogP contribution in [0, 0.1) is 0 Å². The van der Waals surface area contributed by atoms with Gasteiger partial charge in [0.05, 0.1) is 0 Å². The number of anilines is 1. The van der Waals surface area contributed by atoms with E-state index in [9.17, 15) is 18.0 Å². The molecular weight excluding hydrogens is 467 g/mol. The van der Waals surface area contributed by atoms with E-state index in [1.165, 1.54) is 11.8 Å². The van der Waals surface area contributed by atoms with Gasteiger partial charge in [0.1, 0.15) is 6.54 Å². The molecule has 9 heteroatoms. The highest BCUT2D eigenvalue weighted by Crippen LogP contribution is 2.31. The van der Waals surface area contributed by atoms with Crippen LogP contribution in [0.3, 0.4) is 0 Å². The van der Waals surface area contributed by atoms with Crippen LogP contribution in [0.15, 0.2) is 66.9 Å². The fourth-order valence-electron chi connectivity index (χ4n) is 5.33. The number of halogens is 3. The first-order valence-electron chi connectivity index (χ1n) is 12.4. The van der Waals surface area contributed by atoms with E-state index in [0.717, 1.165) is 54.4 Å². The molecule has 36 heavy (non-hydrogen) atoms. The number of hydrogen-bond donors (Lipinski definition) is 1. The maximum absolute atomic E-state index is 13.5. The van der Waals surface area contributed by atoms with E-state index in [-0.39, 0.29) is 18.5 Å². The summed E-state index contributed by atoms with van der Waals surface area (Å²) in [5, 5.41) is 7.14. The summed E-state index contributed by atoms with van der Waals surface area (Å²) >= 11 is 0. The van der Waals surface area contributed by atoms with Crippen LogP contribution in [0.25, 0.3) is 0 Å². The normalized spacial score (nSPS) is 20.9. The number of para-hydroxylation sites is 1. The number of alkyl halides is 3. The third-order valence-electron chi connectivity index (χ3n) is 7.16. The molecule has 2 aromatic carbocycles. The zero-order valence-corrected chi connectivity index (χ0v) is 20.0. The van der Waals surface area contributed by atoms with Crippen molar-refractivity contribution in [1.82, 2.24) is 19.6 Å². The molecule has 1 fully saturated rings. The van der Waals surface area contributed by atoms with Crippen molar-refractivity contribution in [3.63, 3.8) is 0 Å². The lowest BCUT2D eigenvalue weighted by Gasteiger charge is -2.34. The van der Waals surface area contributed by atoms with Gasteiger partial charge in [0.25, 0.3) is 0 Å². The van der Waals surface area contributed by atoms with Gasteiger partial charge in [-0.25, -0.2) is 0 Å². The van der Waals surface area contributed by atoms with Gasteiger partial charge in [-0.15, -0.1) is 0 Å². The average molecular weight is 498 g/mol. The van der Waals surface area contributed by atoms with Gasteiger partial charge in [0.2, 0.25) is 5.91 Å². The highest BCUT2D eigenvalue weighted by atomic mass is 19.4. The summed E-state index contributed by atoms with van der Waals surface area (Å²) in [6.07, 6.45) is -0.292. The summed E-state index contributed by atoms with van der Waals surface area (Å²) in [4.78, 5) is 17.8. The minimum Gasteiger partial charge on any atom is -0.385 e. The van der Waals surface area contributed by atoms with Crippen LogP contribution in [0.5, 0.6) is 0 Å². The van der Waals surface area contributed by atoms with Gasteiger partial charge in [-0.2, -0.15) is 18.3 Å². The Labute approximate surface area is 208 Å². The number of rotatable bonds is 4. The molecule has 1 N–H and O–H groups in total. The number of nitrogens with zero attached hydrogens (tertiary/aromatic N) is 4. The lowest BCUT2D eigenvalue weighted by Crippen LogP contribution is -2.45. The number of carbonyl (C=O) groups is 1. The second-order valence-corrected chi connectivity index (χ2v) is 9.59. The topological polar surface area (TPSA) is 53.4 Å². The molecule has 1 aromatic heterocycles. The predicted octanol–water partition coefficient (Wildman–Crippen LogP) is 4.78. The first-order chi connectivity index (χ1) is 17.4. The molecule has 190 valence electrons. The van der Waals surface area contributed by atoms with Crippen LogP contribution < -0.4 is 5.32 Å². The first kappa shape index (κ1) is 24.4. The van der Waals surface area contributed by atoms with Crippen LogP contribution in [0.2, 0.25) is 0 Å². The minimum absolute atomic E-state index is 0.174. The molecule has 2 aliphatic rings. The predicted molar refractivity (Wildman–Crippen MR) is 131 cm³/mol. The second-order valence-electron chi connectivity index (χ2n) is 9.59. The third-order valence-corrected chi connectivity index (χ3v) is 7.16. The number of amides is 1. The Morgan fingerprint density at radius 1 is 0.972 bits per heavy atom. The smallest absolute Gasteiger partial charge is 0.385 e. The summed E-state index contributed by atoms with van der Waals surface area (Å²) in [6, 6.07) is 19.7. The Balaban J connectivity index is 1.41. The molecule has 0 aliphatic carbocycles. The maximum atomic E-state index is 13.5. The van der Waals surface area contributed by atoms with Gasteiger partial charge in [0.15, 0.2) is 5.69 Å². The van der Waals surface area contributed by atoms with Gasteiger partial charge in [-0.3, -0.25) is 14.4 Å². The standard InChI is InChI=1S/C27H30F3N5O/c28-27(29,30)25-13-15-34(32-25)19-26(36)33-17-21-8-4-5-9-24(21)31-14-12-22-10-11-23(18-33)35(22)16-20-6-2-1-3-7-20/h1-9,13,15,22-23,31H,10-12,14,16-19H2/t22-,23+/m0/s1. The number of benzene rings is 2. The fraction of sp³-hybridized carbons (Fsp3) is 0.407. The van der Waals surface area contributed by atoms with Crippen molar-refractivity contribution >= 4 is 11.6 Å². The van der Waals surface area contributed by atoms with Crippen molar-refractivity contribution in [3.8, 4) is 0 Å². The highest BCUT2D eigenvalue weighted by Gasteiger charge is 2.36. The van der Waals surface area contributed by atoms with Crippen LogP contribution >= 0.6 is 0 Å². The summed E-state index contributed by atoms with van der Waals surface area (Å²) < 4.78 is 40.1. The molecule has 2 bridgehead atoms. The second kappa shape index (κ2) is 10.3. The van der Waals surface area contributed by atoms with E-state index in [0.29, 0.717) is 19.1 Å². The monoisotopic (exact) mass is 497 g/mol. The molecule has 6 nitrogen and oxygen atoms in total. The number of hydrogen-bond acceptors (Lipinski definition) is 4. The first-order valence-corrected chi connectivity index (χ1v) is 12.4. The van der Waals surface area contributed by atoms with Crippen molar-refractivity contribution in [2.45, 2.75) is 57.2 Å². The van der Waals surface area contributed by atoms with Crippen LogP contribution in [0.1, 0.15) is 36.1 Å². The number of carbonyl (C=O) groups excluding carboxylic acids is 1. The van der Waals surface area contributed by atoms with Crippen molar-refractivity contribution < 1.29 is 18.0 Å². The van der Waals surface area contributed by atoms with E-state index < -0.39 is 11.9 Å². The summed E-state index contributed by atoms with van der Waals surface area (Å²) in [5.41, 5.74) is 2.22. The van der Waals surface area contributed by atoms with Crippen molar-refractivity contribution in [2.75, 3.05) is 18.4 Å². The quantitative estimate of drug-likeness (QED) is 0.564. The molecule has 1 amide bonds. The van der Waals surface area contributed by atoms with Crippen LogP contribution in [-0.2, 0) is 30.6 Å². The SMILES string of the molecule is O=C(Cn1ccc(C(F)(F)F)n1)N1Cc2ccccc2NCC[C@@H]2CC[C@H](C1)N2Cc1ccccc1. The average Bonchev–Trinajstić information content (AvgIpc) is 3.47. The van der Waals surface area contributed by atoms with Gasteiger partial charge < -0.3 is 10.2 Å². The Bertz CT molecular complexity index is 1180. The molecule has 1 saturated heterocycles. The Kier molecular flexibility index (Phi) is 7.00. The van der Waals surface area contributed by atoms with Crippen molar-refractivity contribution in [1.29, 1.82) is 0 Å². The van der Waals surface area contributed by atoms with Gasteiger partial charge in [-0.1, -0.05) is 48.5 Å². The molecule has 2 atom stereocenters. The largest absolute Gasteiger partial charge is 0.435 e. The zero-order chi connectivity index (χ0) is 25.1. The number of fused-ring (bicyclic) bond motifs is 3. The minimum atomic E-state index is -4.54. The lowest BCUT2D eigenvalue weighted by molar-refractivity contribution is -0.142. The molecule has 5 rings (SSSR count). The van der Waals surface area contributed by atoms with Crippen molar-refractivity contribution in [2.24, 2.45) is 0 Å². The van der Waals surface area contributed by atoms with Crippen molar-refractivity contribution in [3.05, 3.63) is 83.7 Å². The lowest BCUT2D eigenvalue weighted by atomic mass is 10.1. The summed E-state index contributed by atoms with van der Waals surface area (Å²) in [5.74, 6) is -0.246. The number of nitrogens with one attached hydrogen (secondary N) is 1. The third kappa shape index (κ3) is 5.56. The molecule has 0 spiro atoms.